The van der Waals surface area contributed by atoms with E-state index in [1.54, 1.807) is 11.3 Å². The summed E-state index contributed by atoms with van der Waals surface area (Å²) in [6, 6.07) is 2.26. The quantitative estimate of drug-likeness (QED) is 0.572. The van der Waals surface area contributed by atoms with Crippen LogP contribution in [0, 0.1) is 0 Å². The first-order valence-corrected chi connectivity index (χ1v) is 7.58. The molecule has 2 nitrogen and oxygen atoms in total. The molecular weight excluding hydrogens is 231 g/mol. The molecule has 1 saturated heterocycles. The third-order valence-corrected chi connectivity index (χ3v) is 4.06. The van der Waals surface area contributed by atoms with Crippen LogP contribution in [0.1, 0.15) is 44.6 Å². The number of hydrogen-bond donors (Lipinski definition) is 0. The van der Waals surface area contributed by atoms with Crippen LogP contribution in [0.2, 0.25) is 0 Å². The smallest absolute Gasteiger partial charge is 0.407 e. The molecule has 1 aromatic heterocycles. The summed E-state index contributed by atoms with van der Waals surface area (Å²) in [5.74, 6) is 0. The second-order valence-electron chi connectivity index (χ2n) is 4.60. The fraction of sp³-hybridized carbons (Fsp3) is 0.692. The van der Waals surface area contributed by atoms with Crippen LogP contribution in [0.3, 0.4) is 0 Å². The molecule has 1 aromatic rings. The average Bonchev–Trinajstić information content (AvgIpc) is 2.85. The zero-order valence-corrected chi connectivity index (χ0v) is 11.4. The lowest BCUT2D eigenvalue weighted by molar-refractivity contribution is 0.144. The van der Waals surface area contributed by atoms with Gasteiger partial charge in [0, 0.05) is 18.0 Å². The summed E-state index contributed by atoms with van der Waals surface area (Å²) < 4.78 is 12.4. The lowest BCUT2D eigenvalue weighted by atomic mass is 9.85. The van der Waals surface area contributed by atoms with E-state index in [4.69, 9.17) is 9.31 Å². The summed E-state index contributed by atoms with van der Waals surface area (Å²) in [4.78, 5) is 0. The first-order chi connectivity index (χ1) is 8.40. The Labute approximate surface area is 108 Å². The molecule has 2 rings (SSSR count). The lowest BCUT2D eigenvalue weighted by Gasteiger charge is -2.18. The predicted molar refractivity (Wildman–Crippen MR) is 74.1 cm³/mol. The summed E-state index contributed by atoms with van der Waals surface area (Å²) in [6.07, 6.45) is 7.52. The summed E-state index contributed by atoms with van der Waals surface area (Å²) in [7, 11) is -0.0989. The maximum Gasteiger partial charge on any atom is 0.504 e. The van der Waals surface area contributed by atoms with E-state index in [2.05, 4.69) is 18.4 Å². The van der Waals surface area contributed by atoms with Gasteiger partial charge in [0.05, 0.1) is 0 Å². The molecule has 0 saturated carbocycles. The Bertz CT molecular complexity index is 321. The topological polar surface area (TPSA) is 18.5 Å². The number of aryl methyl sites for hydroxylation is 1. The van der Waals surface area contributed by atoms with Gasteiger partial charge < -0.3 is 9.31 Å². The Kier molecular flexibility index (Phi) is 5.55. The third-order valence-electron chi connectivity index (χ3n) is 3.05. The highest BCUT2D eigenvalue weighted by molar-refractivity contribution is 7.20. The molecule has 0 unspecified atom stereocenters. The number of hydrogen-bond acceptors (Lipinski definition) is 3. The Morgan fingerprint density at radius 1 is 1.24 bits per heavy atom. The molecule has 4 heteroatoms. The van der Waals surface area contributed by atoms with Crippen molar-refractivity contribution in [2.45, 2.75) is 45.4 Å². The van der Waals surface area contributed by atoms with Crippen LogP contribution < -0.4 is 4.78 Å². The minimum Gasteiger partial charge on any atom is -0.407 e. The number of thiophene rings is 1. The van der Waals surface area contributed by atoms with Gasteiger partial charge in [-0.25, -0.2) is 0 Å². The van der Waals surface area contributed by atoms with Gasteiger partial charge >= 0.3 is 7.12 Å². The van der Waals surface area contributed by atoms with Crippen LogP contribution >= 0.6 is 11.3 Å². The molecule has 0 amide bonds. The minimum absolute atomic E-state index is 0.0989. The van der Waals surface area contributed by atoms with Crippen molar-refractivity contribution < 1.29 is 9.31 Å². The van der Waals surface area contributed by atoms with Gasteiger partial charge in [0.1, 0.15) is 0 Å². The van der Waals surface area contributed by atoms with Gasteiger partial charge in [-0.05, 0) is 36.3 Å². The Balaban J connectivity index is 1.78. The van der Waals surface area contributed by atoms with Crippen LogP contribution in [0.5, 0.6) is 0 Å². The monoisotopic (exact) mass is 252 g/mol. The zero-order valence-electron chi connectivity index (χ0n) is 10.6. The van der Waals surface area contributed by atoms with E-state index in [0.717, 1.165) is 19.6 Å². The van der Waals surface area contributed by atoms with Crippen molar-refractivity contribution in [1.29, 1.82) is 0 Å². The molecule has 0 atom stereocenters. The fourth-order valence-corrected chi connectivity index (χ4v) is 3.00. The van der Waals surface area contributed by atoms with Crippen LogP contribution in [0.15, 0.2) is 11.4 Å². The predicted octanol–water partition coefficient (Wildman–Crippen LogP) is 3.00. The van der Waals surface area contributed by atoms with Gasteiger partial charge in [0.25, 0.3) is 0 Å². The van der Waals surface area contributed by atoms with Gasteiger partial charge in [-0.15, -0.1) is 0 Å². The van der Waals surface area contributed by atoms with Crippen molar-refractivity contribution in [3.8, 4) is 0 Å². The van der Waals surface area contributed by atoms with E-state index in [0.29, 0.717) is 0 Å². The second kappa shape index (κ2) is 7.19. The van der Waals surface area contributed by atoms with Gasteiger partial charge in [0.15, 0.2) is 0 Å². The molecular formula is C13H21BO2S. The van der Waals surface area contributed by atoms with E-state index in [-0.39, 0.29) is 7.12 Å². The maximum atomic E-state index is 5.61. The molecule has 0 N–H and O–H groups in total. The van der Waals surface area contributed by atoms with E-state index in [1.165, 1.54) is 42.4 Å². The molecule has 17 heavy (non-hydrogen) atoms. The molecule has 0 bridgehead atoms. The van der Waals surface area contributed by atoms with Crippen molar-refractivity contribution in [3.63, 3.8) is 0 Å². The molecule has 0 aromatic carbocycles. The molecule has 0 spiro atoms. The summed E-state index contributed by atoms with van der Waals surface area (Å²) >= 11 is 1.77. The highest BCUT2D eigenvalue weighted by atomic mass is 32.1. The Hall–Kier alpha value is -0.315. The van der Waals surface area contributed by atoms with Gasteiger partial charge in [0.2, 0.25) is 0 Å². The van der Waals surface area contributed by atoms with Crippen LogP contribution in [0.4, 0.5) is 0 Å². The summed E-state index contributed by atoms with van der Waals surface area (Å²) in [6.45, 7) is 3.91. The van der Waals surface area contributed by atoms with Gasteiger partial charge in [-0.2, -0.15) is 11.3 Å². The van der Waals surface area contributed by atoms with E-state index >= 15 is 0 Å². The fourth-order valence-electron chi connectivity index (χ4n) is 2.06. The molecule has 2 heterocycles. The van der Waals surface area contributed by atoms with Gasteiger partial charge in [-0.3, -0.25) is 0 Å². The van der Waals surface area contributed by atoms with Crippen molar-refractivity contribution in [3.05, 3.63) is 17.0 Å². The highest BCUT2D eigenvalue weighted by Crippen LogP contribution is 2.13. The summed E-state index contributed by atoms with van der Waals surface area (Å²) in [5.41, 5.74) is 1.44. The van der Waals surface area contributed by atoms with Crippen molar-refractivity contribution in [2.75, 3.05) is 13.2 Å². The SMILES string of the molecule is CCCCCCc1csc(B2OCCCO2)c1. The standard InChI is InChI=1S/C13H21BO2S/c1-2-3-4-5-7-12-10-13(17-11-12)14-15-8-6-9-16-14/h10-11H,2-9H2,1H3. The second-order valence-corrected chi connectivity index (χ2v) is 5.54. The Morgan fingerprint density at radius 3 is 2.82 bits per heavy atom. The van der Waals surface area contributed by atoms with Crippen LogP contribution in [-0.4, -0.2) is 20.3 Å². The van der Waals surface area contributed by atoms with Crippen molar-refractivity contribution in [1.82, 2.24) is 0 Å². The van der Waals surface area contributed by atoms with Crippen molar-refractivity contribution >= 4 is 23.2 Å². The molecule has 0 radical (unpaired) electrons. The first-order valence-electron chi connectivity index (χ1n) is 6.70. The molecule has 1 fully saturated rings. The molecule has 94 valence electrons. The van der Waals surface area contributed by atoms with E-state index in [9.17, 15) is 0 Å². The van der Waals surface area contributed by atoms with Crippen LogP contribution in [0.25, 0.3) is 0 Å². The lowest BCUT2D eigenvalue weighted by Crippen LogP contribution is -2.39. The number of rotatable bonds is 6. The first kappa shape index (κ1) is 13.1. The minimum atomic E-state index is -0.0989. The van der Waals surface area contributed by atoms with Gasteiger partial charge in [-0.1, -0.05) is 26.2 Å². The largest absolute Gasteiger partial charge is 0.504 e. The average molecular weight is 252 g/mol. The zero-order chi connectivity index (χ0) is 11.9. The highest BCUT2D eigenvalue weighted by Gasteiger charge is 2.25. The number of unbranched alkanes of at least 4 members (excludes halogenated alkanes) is 3. The Morgan fingerprint density at radius 2 is 2.06 bits per heavy atom. The third kappa shape index (κ3) is 4.13. The van der Waals surface area contributed by atoms with Crippen LogP contribution in [-0.2, 0) is 15.7 Å². The molecule has 0 aliphatic carbocycles. The summed E-state index contributed by atoms with van der Waals surface area (Å²) in [5, 5.41) is 2.25. The molecule has 1 aliphatic heterocycles. The van der Waals surface area contributed by atoms with E-state index in [1.807, 2.05) is 0 Å². The van der Waals surface area contributed by atoms with E-state index < -0.39 is 0 Å². The normalized spacial score (nSPS) is 16.4. The maximum absolute atomic E-state index is 5.61. The van der Waals surface area contributed by atoms with Crippen molar-refractivity contribution in [2.24, 2.45) is 0 Å². The molecule has 1 aliphatic rings.